The Morgan fingerprint density at radius 2 is 1.88 bits per heavy atom. The molecule has 0 aliphatic heterocycles. The van der Waals surface area contributed by atoms with Crippen LogP contribution in [0.2, 0.25) is 0 Å². The number of carboxylic acid groups (broad SMARTS) is 1. The lowest BCUT2D eigenvalue weighted by molar-refractivity contribution is -0.140. The topological polar surface area (TPSA) is 88.8 Å². The van der Waals surface area contributed by atoms with Crippen molar-refractivity contribution < 1.29 is 28.2 Å². The number of carbonyl (C=O) groups excluding carboxylic acids is 1. The zero-order valence-electron chi connectivity index (χ0n) is 13.3. The lowest BCUT2D eigenvalue weighted by atomic mass is 10.0. The van der Waals surface area contributed by atoms with Crippen LogP contribution in [-0.4, -0.2) is 23.0 Å². The highest BCUT2D eigenvalue weighted by molar-refractivity contribution is 5.94. The SMILES string of the molecule is CC(C)[C@@H](NC(=O)c1ccc(COc2ccc(F)cc2)o1)C(=O)O. The molecule has 1 aromatic carbocycles. The minimum atomic E-state index is -1.11. The molecule has 7 heteroatoms. The van der Waals surface area contributed by atoms with E-state index in [0.717, 1.165) is 0 Å². The van der Waals surface area contributed by atoms with Crippen LogP contribution in [-0.2, 0) is 11.4 Å². The molecule has 1 amide bonds. The number of nitrogens with one attached hydrogen (secondary N) is 1. The van der Waals surface area contributed by atoms with E-state index < -0.39 is 17.9 Å². The van der Waals surface area contributed by atoms with Crippen LogP contribution in [0.15, 0.2) is 40.8 Å². The van der Waals surface area contributed by atoms with E-state index in [1.165, 1.54) is 30.3 Å². The molecule has 24 heavy (non-hydrogen) atoms. The van der Waals surface area contributed by atoms with Crippen molar-refractivity contribution in [3.63, 3.8) is 0 Å². The van der Waals surface area contributed by atoms with Gasteiger partial charge in [-0.15, -0.1) is 0 Å². The molecule has 1 atom stereocenters. The van der Waals surface area contributed by atoms with Crippen LogP contribution < -0.4 is 10.1 Å². The molecule has 1 heterocycles. The Balaban J connectivity index is 1.95. The van der Waals surface area contributed by atoms with Crippen LogP contribution in [0.1, 0.15) is 30.2 Å². The molecule has 0 bridgehead atoms. The number of ether oxygens (including phenoxy) is 1. The fraction of sp³-hybridized carbons (Fsp3) is 0.294. The van der Waals surface area contributed by atoms with Gasteiger partial charge >= 0.3 is 5.97 Å². The standard InChI is InChI=1S/C17H18FNO5/c1-10(2)15(17(21)22)19-16(20)14-8-7-13(24-14)9-23-12-5-3-11(18)4-6-12/h3-8,10,15H,9H2,1-2H3,(H,19,20)(H,21,22)/t15-/m1/s1. The second-order valence-corrected chi connectivity index (χ2v) is 5.54. The average Bonchev–Trinajstić information content (AvgIpc) is 3.00. The molecule has 0 unspecified atom stereocenters. The maximum atomic E-state index is 12.8. The van der Waals surface area contributed by atoms with Crippen molar-refractivity contribution in [1.82, 2.24) is 5.32 Å². The van der Waals surface area contributed by atoms with E-state index in [2.05, 4.69) is 5.32 Å². The summed E-state index contributed by atoms with van der Waals surface area (Å²) in [6.07, 6.45) is 0. The first-order chi connectivity index (χ1) is 11.4. The first-order valence-corrected chi connectivity index (χ1v) is 7.37. The largest absolute Gasteiger partial charge is 0.486 e. The Morgan fingerprint density at radius 3 is 2.46 bits per heavy atom. The van der Waals surface area contributed by atoms with Gasteiger partial charge in [0.25, 0.3) is 5.91 Å². The molecule has 2 N–H and O–H groups in total. The summed E-state index contributed by atoms with van der Waals surface area (Å²) in [5.41, 5.74) is 0. The number of amides is 1. The van der Waals surface area contributed by atoms with Gasteiger partial charge in [-0.1, -0.05) is 13.8 Å². The number of rotatable bonds is 7. The zero-order valence-corrected chi connectivity index (χ0v) is 13.3. The van der Waals surface area contributed by atoms with Gasteiger partial charge in [0.05, 0.1) is 0 Å². The van der Waals surface area contributed by atoms with Crippen molar-refractivity contribution in [1.29, 1.82) is 0 Å². The van der Waals surface area contributed by atoms with E-state index in [-0.39, 0.29) is 24.1 Å². The van der Waals surface area contributed by atoms with Crippen LogP contribution >= 0.6 is 0 Å². The van der Waals surface area contributed by atoms with E-state index in [0.29, 0.717) is 11.5 Å². The minimum Gasteiger partial charge on any atom is -0.486 e. The van der Waals surface area contributed by atoms with Gasteiger partial charge < -0.3 is 19.6 Å². The van der Waals surface area contributed by atoms with Gasteiger partial charge in [-0.25, -0.2) is 9.18 Å². The highest BCUT2D eigenvalue weighted by atomic mass is 19.1. The van der Waals surface area contributed by atoms with Crippen LogP contribution in [0.25, 0.3) is 0 Å². The molecule has 0 fully saturated rings. The monoisotopic (exact) mass is 335 g/mol. The second kappa shape index (κ2) is 7.63. The number of halogens is 1. The number of aliphatic carboxylic acids is 1. The van der Waals surface area contributed by atoms with Gasteiger partial charge in [0.15, 0.2) is 5.76 Å². The average molecular weight is 335 g/mol. The first kappa shape index (κ1) is 17.5. The van der Waals surface area contributed by atoms with E-state index in [1.54, 1.807) is 19.9 Å². The number of carbonyl (C=O) groups is 2. The van der Waals surface area contributed by atoms with Crippen molar-refractivity contribution in [2.45, 2.75) is 26.5 Å². The summed E-state index contributed by atoms with van der Waals surface area (Å²) in [5, 5.41) is 11.5. The van der Waals surface area contributed by atoms with Crippen molar-refractivity contribution >= 4 is 11.9 Å². The van der Waals surface area contributed by atoms with Gasteiger partial charge in [-0.3, -0.25) is 4.79 Å². The Bertz CT molecular complexity index is 708. The smallest absolute Gasteiger partial charge is 0.326 e. The maximum Gasteiger partial charge on any atom is 0.326 e. The molecule has 128 valence electrons. The lowest BCUT2D eigenvalue weighted by Gasteiger charge is -2.16. The van der Waals surface area contributed by atoms with Crippen LogP contribution in [0.3, 0.4) is 0 Å². The molecule has 0 radical (unpaired) electrons. The molecular formula is C17H18FNO5. The van der Waals surface area contributed by atoms with E-state index in [4.69, 9.17) is 14.3 Å². The molecule has 0 saturated carbocycles. The molecule has 0 spiro atoms. The molecule has 2 rings (SSSR count). The van der Waals surface area contributed by atoms with Crippen molar-refractivity contribution in [2.24, 2.45) is 5.92 Å². The normalized spacial score (nSPS) is 12.0. The Hall–Kier alpha value is -2.83. The molecule has 2 aromatic rings. The molecule has 6 nitrogen and oxygen atoms in total. The van der Waals surface area contributed by atoms with Gasteiger partial charge in [0.1, 0.15) is 30.0 Å². The Morgan fingerprint density at radius 1 is 1.21 bits per heavy atom. The molecule has 0 aliphatic carbocycles. The summed E-state index contributed by atoms with van der Waals surface area (Å²) in [7, 11) is 0. The van der Waals surface area contributed by atoms with Crippen molar-refractivity contribution in [3.05, 3.63) is 53.7 Å². The van der Waals surface area contributed by atoms with Crippen molar-refractivity contribution in [2.75, 3.05) is 0 Å². The van der Waals surface area contributed by atoms with Gasteiger partial charge in [0.2, 0.25) is 0 Å². The van der Waals surface area contributed by atoms with Crippen LogP contribution in [0, 0.1) is 11.7 Å². The van der Waals surface area contributed by atoms with Crippen LogP contribution in [0.5, 0.6) is 5.75 Å². The Labute approximate surface area is 138 Å². The Kier molecular flexibility index (Phi) is 5.57. The molecule has 1 aromatic heterocycles. The summed E-state index contributed by atoms with van der Waals surface area (Å²) >= 11 is 0. The summed E-state index contributed by atoms with van der Waals surface area (Å²) < 4.78 is 23.6. The van der Waals surface area contributed by atoms with Crippen molar-refractivity contribution in [3.8, 4) is 5.75 Å². The zero-order chi connectivity index (χ0) is 17.7. The van der Waals surface area contributed by atoms with E-state index in [9.17, 15) is 14.0 Å². The van der Waals surface area contributed by atoms with Gasteiger partial charge in [-0.05, 0) is 42.3 Å². The molecular weight excluding hydrogens is 317 g/mol. The van der Waals surface area contributed by atoms with Gasteiger partial charge in [0, 0.05) is 0 Å². The number of hydrogen-bond acceptors (Lipinski definition) is 4. The molecule has 0 aliphatic rings. The fourth-order valence-electron chi connectivity index (χ4n) is 1.99. The van der Waals surface area contributed by atoms with Gasteiger partial charge in [-0.2, -0.15) is 0 Å². The predicted octanol–water partition coefficient (Wildman–Crippen LogP) is 2.84. The lowest BCUT2D eigenvalue weighted by Crippen LogP contribution is -2.44. The van der Waals surface area contributed by atoms with E-state index >= 15 is 0 Å². The highest BCUT2D eigenvalue weighted by Gasteiger charge is 2.25. The number of hydrogen-bond donors (Lipinski definition) is 2. The number of benzene rings is 1. The quantitative estimate of drug-likeness (QED) is 0.812. The summed E-state index contributed by atoms with van der Waals surface area (Å²) in [4.78, 5) is 23.1. The first-order valence-electron chi connectivity index (χ1n) is 7.37. The predicted molar refractivity (Wildman–Crippen MR) is 83.2 cm³/mol. The summed E-state index contributed by atoms with van der Waals surface area (Å²) in [6, 6.07) is 7.50. The molecule has 0 saturated heterocycles. The van der Waals surface area contributed by atoms with E-state index in [1.807, 2.05) is 0 Å². The number of furan rings is 1. The number of carboxylic acids is 1. The third-order valence-electron chi connectivity index (χ3n) is 3.30. The maximum absolute atomic E-state index is 12.8. The third-order valence-corrected chi connectivity index (χ3v) is 3.30. The highest BCUT2D eigenvalue weighted by Crippen LogP contribution is 2.15. The second-order valence-electron chi connectivity index (χ2n) is 5.54. The minimum absolute atomic E-state index is 0.000365. The summed E-state index contributed by atoms with van der Waals surface area (Å²) in [5.74, 6) is -1.49. The summed E-state index contributed by atoms with van der Waals surface area (Å²) in [6.45, 7) is 3.46. The fourth-order valence-corrected chi connectivity index (χ4v) is 1.99. The van der Waals surface area contributed by atoms with Crippen LogP contribution in [0.4, 0.5) is 4.39 Å². The third kappa shape index (κ3) is 4.58.